The Bertz CT molecular complexity index is 2720. The van der Waals surface area contributed by atoms with Crippen molar-refractivity contribution in [3.05, 3.63) is 182 Å². The van der Waals surface area contributed by atoms with E-state index in [1.54, 1.807) is 0 Å². The van der Waals surface area contributed by atoms with Gasteiger partial charge in [0.1, 0.15) is 0 Å². The molecule has 0 radical (unpaired) electrons. The Morgan fingerprint density at radius 1 is 0.232 bits per heavy atom. The van der Waals surface area contributed by atoms with Crippen LogP contribution in [0, 0.1) is 0 Å². The summed E-state index contributed by atoms with van der Waals surface area (Å²) in [6, 6.07) is 59.5. The lowest BCUT2D eigenvalue weighted by atomic mass is 9.99. The molecule has 0 bridgehead atoms. The van der Waals surface area contributed by atoms with E-state index in [4.69, 9.17) is 39.4 Å². The average molecular weight is 723 g/mol. The molecule has 0 spiro atoms. The van der Waals surface area contributed by atoms with Gasteiger partial charge < -0.3 is 9.47 Å². The molecule has 0 unspecified atom stereocenters. The second-order valence-corrected chi connectivity index (χ2v) is 13.1. The number of hydrogen-bond acceptors (Lipinski definition) is 8. The van der Waals surface area contributed by atoms with Gasteiger partial charge in [-0.3, -0.25) is 0 Å². The van der Waals surface area contributed by atoms with Gasteiger partial charge in [-0.1, -0.05) is 158 Å². The van der Waals surface area contributed by atoms with Crippen LogP contribution in [0.4, 0.5) is 0 Å². The van der Waals surface area contributed by atoms with Crippen molar-refractivity contribution >= 4 is 0 Å². The monoisotopic (exact) mass is 722 g/mol. The SMILES string of the molecule is c1ccc(-c2nc(-c3ccccc3)nc(-c3ccc(-c4ccc(-c5nc(-c6ccccc6)nc(-c6ccccc6)n5)c5c4Oc4ccccc4O5)cc3)n2)cc1. The molecule has 1 aliphatic rings. The van der Waals surface area contributed by atoms with E-state index >= 15 is 0 Å². The van der Waals surface area contributed by atoms with E-state index in [0.717, 1.165) is 38.9 Å². The summed E-state index contributed by atoms with van der Waals surface area (Å²) in [5, 5.41) is 0. The van der Waals surface area contributed by atoms with E-state index < -0.39 is 0 Å². The largest absolute Gasteiger partial charge is 0.449 e. The first kappa shape index (κ1) is 32.8. The molecule has 7 aromatic carbocycles. The fourth-order valence-electron chi connectivity index (χ4n) is 6.67. The molecule has 0 saturated heterocycles. The first-order chi connectivity index (χ1) is 27.7. The van der Waals surface area contributed by atoms with Gasteiger partial charge in [0.05, 0.1) is 5.56 Å². The molecule has 264 valence electrons. The summed E-state index contributed by atoms with van der Waals surface area (Å²) in [6.07, 6.45) is 0. The van der Waals surface area contributed by atoms with Crippen molar-refractivity contribution in [3.8, 4) is 102 Å². The Hall–Kier alpha value is -7.84. The molecular weight excluding hydrogens is 693 g/mol. The zero-order valence-corrected chi connectivity index (χ0v) is 29.8. The molecule has 8 nitrogen and oxygen atoms in total. The summed E-state index contributed by atoms with van der Waals surface area (Å²) in [4.78, 5) is 29.5. The van der Waals surface area contributed by atoms with Gasteiger partial charge in [-0.15, -0.1) is 0 Å². The predicted molar refractivity (Wildman–Crippen MR) is 218 cm³/mol. The third-order valence-electron chi connectivity index (χ3n) is 9.48. The van der Waals surface area contributed by atoms with E-state index in [1.807, 2.05) is 182 Å². The Labute approximate surface area is 322 Å². The first-order valence-corrected chi connectivity index (χ1v) is 18.2. The smallest absolute Gasteiger partial charge is 0.181 e. The summed E-state index contributed by atoms with van der Waals surface area (Å²) in [6.45, 7) is 0. The third kappa shape index (κ3) is 6.31. The molecular formula is C48H30N6O2. The minimum absolute atomic E-state index is 0.470. The fraction of sp³-hybridized carbons (Fsp3) is 0. The Kier molecular flexibility index (Phi) is 8.31. The van der Waals surface area contributed by atoms with E-state index in [2.05, 4.69) is 0 Å². The van der Waals surface area contributed by atoms with Crippen molar-refractivity contribution in [1.29, 1.82) is 0 Å². The minimum atomic E-state index is 0.470. The van der Waals surface area contributed by atoms with Crippen LogP contribution in [0.2, 0.25) is 0 Å². The van der Waals surface area contributed by atoms with E-state index in [-0.39, 0.29) is 0 Å². The summed E-state index contributed by atoms with van der Waals surface area (Å²) in [5.74, 6) is 5.69. The summed E-state index contributed by atoms with van der Waals surface area (Å²) < 4.78 is 13.3. The maximum absolute atomic E-state index is 6.67. The van der Waals surface area contributed by atoms with Crippen LogP contribution < -0.4 is 9.47 Å². The predicted octanol–water partition coefficient (Wildman–Crippen LogP) is 11.6. The van der Waals surface area contributed by atoms with Gasteiger partial charge in [0.15, 0.2) is 57.9 Å². The number of rotatable bonds is 7. The van der Waals surface area contributed by atoms with Gasteiger partial charge in [-0.05, 0) is 29.8 Å². The molecule has 1 aliphatic heterocycles. The maximum Gasteiger partial charge on any atom is 0.181 e. The molecule has 9 aromatic rings. The molecule has 8 heteroatoms. The second kappa shape index (κ2) is 14.2. The minimum Gasteiger partial charge on any atom is -0.449 e. The van der Waals surface area contributed by atoms with E-state index in [1.165, 1.54) is 0 Å². The molecule has 0 fully saturated rings. The standard InChI is InChI=1S/C48H30N6O2/c1-5-15-32(16-6-1)43-49-44(33-17-7-2-8-18-33)51-47(50-43)36-27-25-31(26-28-36)37-29-30-38(42-41(37)55-39-23-13-14-24-40(39)56-42)48-53-45(34-19-9-3-10-20-34)52-46(54-48)35-21-11-4-12-22-35/h1-30H. The van der Waals surface area contributed by atoms with E-state index in [0.29, 0.717) is 63.5 Å². The fourth-order valence-corrected chi connectivity index (χ4v) is 6.67. The highest BCUT2D eigenvalue weighted by atomic mass is 16.6. The summed E-state index contributed by atoms with van der Waals surface area (Å²) in [7, 11) is 0. The van der Waals surface area contributed by atoms with Gasteiger partial charge in [0, 0.05) is 33.4 Å². The van der Waals surface area contributed by atoms with Crippen LogP contribution in [0.25, 0.3) is 79.5 Å². The molecule has 0 atom stereocenters. The molecule has 3 heterocycles. The summed E-state index contributed by atoms with van der Waals surface area (Å²) in [5.41, 5.74) is 6.89. The normalized spacial score (nSPS) is 11.5. The number of nitrogens with zero attached hydrogens (tertiary/aromatic N) is 6. The number of benzene rings is 7. The van der Waals surface area contributed by atoms with Gasteiger partial charge >= 0.3 is 0 Å². The zero-order chi connectivity index (χ0) is 37.3. The Morgan fingerprint density at radius 3 is 0.911 bits per heavy atom. The van der Waals surface area contributed by atoms with Crippen LogP contribution in [0.5, 0.6) is 23.0 Å². The Balaban J connectivity index is 1.09. The molecule has 0 amide bonds. The second-order valence-electron chi connectivity index (χ2n) is 13.1. The van der Waals surface area contributed by atoms with Crippen molar-refractivity contribution in [3.63, 3.8) is 0 Å². The zero-order valence-electron chi connectivity index (χ0n) is 29.8. The van der Waals surface area contributed by atoms with Gasteiger partial charge in [0.25, 0.3) is 0 Å². The highest BCUT2D eigenvalue weighted by molar-refractivity contribution is 5.84. The quantitative estimate of drug-likeness (QED) is 0.160. The highest BCUT2D eigenvalue weighted by Gasteiger charge is 2.28. The topological polar surface area (TPSA) is 95.8 Å². The van der Waals surface area contributed by atoms with Crippen LogP contribution in [0.3, 0.4) is 0 Å². The van der Waals surface area contributed by atoms with Crippen molar-refractivity contribution in [2.45, 2.75) is 0 Å². The molecule has 10 rings (SSSR count). The van der Waals surface area contributed by atoms with Crippen molar-refractivity contribution in [2.75, 3.05) is 0 Å². The van der Waals surface area contributed by atoms with E-state index in [9.17, 15) is 0 Å². The maximum atomic E-state index is 6.67. The molecule has 0 aliphatic carbocycles. The molecule has 0 saturated carbocycles. The lowest BCUT2D eigenvalue weighted by Gasteiger charge is -2.25. The van der Waals surface area contributed by atoms with Crippen LogP contribution in [-0.2, 0) is 0 Å². The number of ether oxygens (including phenoxy) is 2. The van der Waals surface area contributed by atoms with Gasteiger partial charge in [0.2, 0.25) is 0 Å². The average Bonchev–Trinajstić information content (AvgIpc) is 3.29. The van der Waals surface area contributed by atoms with Gasteiger partial charge in [-0.2, -0.15) is 0 Å². The van der Waals surface area contributed by atoms with Crippen molar-refractivity contribution in [2.24, 2.45) is 0 Å². The van der Waals surface area contributed by atoms with Crippen molar-refractivity contribution < 1.29 is 9.47 Å². The molecule has 2 aromatic heterocycles. The third-order valence-corrected chi connectivity index (χ3v) is 9.48. The van der Waals surface area contributed by atoms with Crippen molar-refractivity contribution in [1.82, 2.24) is 29.9 Å². The van der Waals surface area contributed by atoms with Gasteiger partial charge in [-0.25, -0.2) is 29.9 Å². The van der Waals surface area contributed by atoms with Crippen LogP contribution >= 0.6 is 0 Å². The van der Waals surface area contributed by atoms with Crippen LogP contribution in [0.1, 0.15) is 0 Å². The number of aromatic nitrogens is 6. The highest BCUT2D eigenvalue weighted by Crippen LogP contribution is 2.53. The lowest BCUT2D eigenvalue weighted by Crippen LogP contribution is -2.05. The number of para-hydroxylation sites is 2. The van der Waals surface area contributed by atoms with Crippen LogP contribution in [-0.4, -0.2) is 29.9 Å². The lowest BCUT2D eigenvalue weighted by molar-refractivity contribution is 0.362. The first-order valence-electron chi connectivity index (χ1n) is 18.2. The number of fused-ring (bicyclic) bond motifs is 2. The number of hydrogen-bond donors (Lipinski definition) is 0. The molecule has 56 heavy (non-hydrogen) atoms. The van der Waals surface area contributed by atoms with Crippen LogP contribution in [0.15, 0.2) is 182 Å². The Morgan fingerprint density at radius 2 is 0.518 bits per heavy atom. The summed E-state index contributed by atoms with van der Waals surface area (Å²) >= 11 is 0. The molecule has 0 N–H and O–H groups in total.